The molecule has 1 aromatic carbocycles. The van der Waals surface area contributed by atoms with Crippen molar-refractivity contribution >= 4 is 21.9 Å². The molecule has 0 saturated carbocycles. The molecule has 0 atom stereocenters. The second-order valence-electron chi connectivity index (χ2n) is 2.95. The quantitative estimate of drug-likeness (QED) is 0.517. The van der Waals surface area contributed by atoms with Crippen molar-refractivity contribution in [3.8, 4) is 5.75 Å². The van der Waals surface area contributed by atoms with Crippen LogP contribution in [0.5, 0.6) is 5.75 Å². The SMILES string of the molecule is C=Cc1c(N)cccc1OS(=O)(=O)C(F)(F)F. The maximum absolute atomic E-state index is 12.1. The lowest BCUT2D eigenvalue weighted by Gasteiger charge is -2.12. The molecule has 17 heavy (non-hydrogen) atoms. The third-order valence-corrected chi connectivity index (χ3v) is 2.75. The van der Waals surface area contributed by atoms with E-state index in [1.165, 1.54) is 12.1 Å². The molecule has 0 radical (unpaired) electrons. The van der Waals surface area contributed by atoms with Gasteiger partial charge in [-0.15, -0.1) is 0 Å². The van der Waals surface area contributed by atoms with E-state index < -0.39 is 21.4 Å². The Kier molecular flexibility index (Phi) is 3.37. The topological polar surface area (TPSA) is 69.4 Å². The number of anilines is 1. The average molecular weight is 267 g/mol. The van der Waals surface area contributed by atoms with E-state index in [1.54, 1.807) is 0 Å². The standard InChI is InChI=1S/C9H8F3NO3S/c1-2-6-7(13)4-3-5-8(6)16-17(14,15)9(10,11)12/h2-5H,1,13H2. The van der Waals surface area contributed by atoms with E-state index in [9.17, 15) is 21.6 Å². The minimum atomic E-state index is -5.70. The van der Waals surface area contributed by atoms with Crippen LogP contribution in [-0.2, 0) is 10.1 Å². The number of hydrogen-bond acceptors (Lipinski definition) is 4. The molecule has 1 aromatic rings. The Morgan fingerprint density at radius 3 is 2.41 bits per heavy atom. The fraction of sp³-hybridized carbons (Fsp3) is 0.111. The molecule has 0 unspecified atom stereocenters. The van der Waals surface area contributed by atoms with Gasteiger partial charge in [0.2, 0.25) is 0 Å². The Hall–Kier alpha value is -1.70. The van der Waals surface area contributed by atoms with E-state index in [4.69, 9.17) is 5.73 Å². The number of halogens is 3. The van der Waals surface area contributed by atoms with E-state index in [-0.39, 0.29) is 11.3 Å². The summed E-state index contributed by atoms with van der Waals surface area (Å²) in [7, 11) is -5.70. The molecule has 94 valence electrons. The van der Waals surface area contributed by atoms with Crippen LogP contribution in [-0.4, -0.2) is 13.9 Å². The summed E-state index contributed by atoms with van der Waals surface area (Å²) in [6.07, 6.45) is 1.11. The van der Waals surface area contributed by atoms with Crippen LogP contribution in [0.15, 0.2) is 24.8 Å². The second-order valence-corrected chi connectivity index (χ2v) is 4.48. The van der Waals surface area contributed by atoms with Crippen molar-refractivity contribution in [1.29, 1.82) is 0 Å². The van der Waals surface area contributed by atoms with Gasteiger partial charge in [-0.25, -0.2) is 0 Å². The van der Waals surface area contributed by atoms with E-state index in [0.29, 0.717) is 0 Å². The van der Waals surface area contributed by atoms with Gasteiger partial charge in [0.05, 0.1) is 0 Å². The molecule has 0 aliphatic carbocycles. The monoisotopic (exact) mass is 267 g/mol. The predicted molar refractivity (Wildman–Crippen MR) is 56.5 cm³/mol. The van der Waals surface area contributed by atoms with E-state index >= 15 is 0 Å². The minimum Gasteiger partial charge on any atom is -0.398 e. The molecule has 0 saturated heterocycles. The summed E-state index contributed by atoms with van der Waals surface area (Å²) in [5.74, 6) is -0.516. The molecule has 0 spiro atoms. The molecule has 0 fully saturated rings. The highest BCUT2D eigenvalue weighted by atomic mass is 32.2. The normalized spacial score (nSPS) is 12.2. The molecule has 0 bridgehead atoms. The summed E-state index contributed by atoms with van der Waals surface area (Å²) in [6.45, 7) is 3.31. The Morgan fingerprint density at radius 2 is 1.94 bits per heavy atom. The van der Waals surface area contributed by atoms with Gasteiger partial charge in [0.1, 0.15) is 0 Å². The molecular formula is C9H8F3NO3S. The van der Waals surface area contributed by atoms with Gasteiger partial charge in [-0.2, -0.15) is 21.6 Å². The molecule has 0 heterocycles. The second kappa shape index (κ2) is 4.28. The molecule has 2 N–H and O–H groups in total. The zero-order valence-electron chi connectivity index (χ0n) is 8.36. The molecule has 8 heteroatoms. The lowest BCUT2D eigenvalue weighted by atomic mass is 10.1. The number of alkyl halides is 3. The zero-order chi connectivity index (χ0) is 13.3. The smallest absolute Gasteiger partial charge is 0.398 e. The highest BCUT2D eigenvalue weighted by Crippen LogP contribution is 2.31. The van der Waals surface area contributed by atoms with Crippen LogP contribution < -0.4 is 9.92 Å². The van der Waals surface area contributed by atoms with Crippen LogP contribution in [0.3, 0.4) is 0 Å². The zero-order valence-corrected chi connectivity index (χ0v) is 9.18. The Morgan fingerprint density at radius 1 is 1.35 bits per heavy atom. The first-order valence-corrected chi connectivity index (χ1v) is 5.61. The van der Waals surface area contributed by atoms with E-state index in [0.717, 1.165) is 12.1 Å². The largest absolute Gasteiger partial charge is 0.534 e. The summed E-state index contributed by atoms with van der Waals surface area (Å²) in [6, 6.07) is 3.70. The molecule has 0 amide bonds. The van der Waals surface area contributed by atoms with Crippen molar-refractivity contribution in [3.63, 3.8) is 0 Å². The number of nitrogens with two attached hydrogens (primary N) is 1. The highest BCUT2D eigenvalue weighted by Gasteiger charge is 2.48. The third-order valence-electron chi connectivity index (χ3n) is 1.79. The van der Waals surface area contributed by atoms with E-state index in [1.807, 2.05) is 0 Å². The van der Waals surface area contributed by atoms with Crippen LogP contribution in [0.4, 0.5) is 18.9 Å². The highest BCUT2D eigenvalue weighted by molar-refractivity contribution is 7.88. The third kappa shape index (κ3) is 2.70. The minimum absolute atomic E-state index is 0.0136. The number of hydrogen-bond donors (Lipinski definition) is 1. The number of nitrogen functional groups attached to an aromatic ring is 1. The summed E-state index contributed by atoms with van der Waals surface area (Å²) >= 11 is 0. The maximum atomic E-state index is 12.1. The van der Waals surface area contributed by atoms with Gasteiger partial charge in [-0.1, -0.05) is 18.7 Å². The summed E-state index contributed by atoms with van der Waals surface area (Å²) in [5, 5.41) is 0. The molecular weight excluding hydrogens is 259 g/mol. The maximum Gasteiger partial charge on any atom is 0.534 e. The van der Waals surface area contributed by atoms with Crippen LogP contribution in [0.2, 0.25) is 0 Å². The van der Waals surface area contributed by atoms with Gasteiger partial charge < -0.3 is 9.92 Å². The molecule has 1 rings (SSSR count). The fourth-order valence-electron chi connectivity index (χ4n) is 1.02. The van der Waals surface area contributed by atoms with Gasteiger partial charge in [-0.3, -0.25) is 0 Å². The lowest BCUT2D eigenvalue weighted by molar-refractivity contribution is -0.0500. The first kappa shape index (κ1) is 13.4. The molecule has 0 aromatic heterocycles. The number of benzene rings is 1. The van der Waals surface area contributed by atoms with Crippen molar-refractivity contribution in [2.24, 2.45) is 0 Å². The molecule has 0 aliphatic rings. The fourth-order valence-corrected chi connectivity index (χ4v) is 1.49. The van der Waals surface area contributed by atoms with Crippen molar-refractivity contribution in [2.75, 3.05) is 5.73 Å². The van der Waals surface area contributed by atoms with Gasteiger partial charge >= 0.3 is 15.6 Å². The van der Waals surface area contributed by atoms with Gasteiger partial charge in [0.15, 0.2) is 5.75 Å². The Labute approximate surface area is 95.6 Å². The first-order chi connectivity index (χ1) is 7.69. The first-order valence-electron chi connectivity index (χ1n) is 4.20. The van der Waals surface area contributed by atoms with Gasteiger partial charge in [-0.05, 0) is 12.1 Å². The predicted octanol–water partition coefficient (Wildman–Crippen LogP) is 2.14. The lowest BCUT2D eigenvalue weighted by Crippen LogP contribution is -2.28. The Balaban J connectivity index is 3.22. The van der Waals surface area contributed by atoms with Crippen LogP contribution >= 0.6 is 0 Å². The summed E-state index contributed by atoms with van der Waals surface area (Å²) < 4.78 is 61.8. The summed E-state index contributed by atoms with van der Waals surface area (Å²) in [5.41, 5.74) is -0.00646. The van der Waals surface area contributed by atoms with Crippen molar-refractivity contribution in [3.05, 3.63) is 30.3 Å². The molecule has 0 aliphatic heterocycles. The van der Waals surface area contributed by atoms with Crippen LogP contribution in [0.1, 0.15) is 5.56 Å². The van der Waals surface area contributed by atoms with Gasteiger partial charge in [0, 0.05) is 11.3 Å². The Bertz CT molecular complexity index is 537. The van der Waals surface area contributed by atoms with Crippen molar-refractivity contribution in [2.45, 2.75) is 5.51 Å². The summed E-state index contributed by atoms with van der Waals surface area (Å²) in [4.78, 5) is 0. The number of rotatable bonds is 3. The van der Waals surface area contributed by atoms with Crippen LogP contribution in [0, 0.1) is 0 Å². The van der Waals surface area contributed by atoms with E-state index in [2.05, 4.69) is 10.8 Å². The van der Waals surface area contributed by atoms with Crippen LogP contribution in [0.25, 0.3) is 6.08 Å². The average Bonchev–Trinajstić information content (AvgIpc) is 2.15. The van der Waals surface area contributed by atoms with Gasteiger partial charge in [0.25, 0.3) is 0 Å². The molecule has 4 nitrogen and oxygen atoms in total. The van der Waals surface area contributed by atoms with Crippen molar-refractivity contribution < 1.29 is 25.8 Å². The van der Waals surface area contributed by atoms with Crippen molar-refractivity contribution in [1.82, 2.24) is 0 Å².